The van der Waals surface area contributed by atoms with E-state index in [9.17, 15) is 9.18 Å². The molecule has 0 radical (unpaired) electrons. The molecule has 0 heterocycles. The van der Waals surface area contributed by atoms with Gasteiger partial charge in [-0.1, -0.05) is 6.07 Å². The van der Waals surface area contributed by atoms with E-state index in [4.69, 9.17) is 19.5 Å². The van der Waals surface area contributed by atoms with Gasteiger partial charge in [0.15, 0.2) is 11.5 Å². The molecule has 30 heavy (non-hydrogen) atoms. The second-order valence-electron chi connectivity index (χ2n) is 6.36. The van der Waals surface area contributed by atoms with Crippen LogP contribution in [-0.4, -0.2) is 20.1 Å². The molecule has 1 amide bonds. The molecule has 0 saturated carbocycles. The first-order valence-corrected chi connectivity index (χ1v) is 8.96. The molecule has 0 aliphatic carbocycles. The number of anilines is 1. The number of carbonyl (C=O) groups excluding carboxylic acids is 1. The van der Waals surface area contributed by atoms with Crippen molar-refractivity contribution in [3.8, 4) is 29.1 Å². The molecule has 152 valence electrons. The van der Waals surface area contributed by atoms with Gasteiger partial charge in [-0.25, -0.2) is 4.39 Å². The largest absolute Gasteiger partial charge is 0.493 e. The molecule has 3 aromatic rings. The first-order chi connectivity index (χ1) is 14.4. The number of halogens is 1. The van der Waals surface area contributed by atoms with Gasteiger partial charge in [0.25, 0.3) is 5.91 Å². The number of carbonyl (C=O) groups is 1. The molecule has 0 spiro atoms. The summed E-state index contributed by atoms with van der Waals surface area (Å²) in [7, 11) is 2.93. The van der Waals surface area contributed by atoms with E-state index in [-0.39, 0.29) is 17.1 Å². The maximum absolute atomic E-state index is 13.4. The third-order valence-corrected chi connectivity index (χ3v) is 4.34. The predicted octanol–water partition coefficient (Wildman–Crippen LogP) is 5.07. The van der Waals surface area contributed by atoms with Gasteiger partial charge < -0.3 is 19.5 Å². The monoisotopic (exact) mass is 406 g/mol. The van der Waals surface area contributed by atoms with E-state index in [0.717, 1.165) is 0 Å². The first-order valence-electron chi connectivity index (χ1n) is 8.96. The minimum Gasteiger partial charge on any atom is -0.493 e. The topological polar surface area (TPSA) is 80.6 Å². The van der Waals surface area contributed by atoms with E-state index < -0.39 is 5.91 Å². The normalized spacial score (nSPS) is 10.1. The highest BCUT2D eigenvalue weighted by atomic mass is 19.1. The van der Waals surface area contributed by atoms with Crippen molar-refractivity contribution in [3.63, 3.8) is 0 Å². The van der Waals surface area contributed by atoms with Gasteiger partial charge in [-0.15, -0.1) is 0 Å². The van der Waals surface area contributed by atoms with Gasteiger partial charge in [0.1, 0.15) is 17.3 Å². The Morgan fingerprint density at radius 1 is 0.967 bits per heavy atom. The van der Waals surface area contributed by atoms with Crippen molar-refractivity contribution >= 4 is 11.6 Å². The van der Waals surface area contributed by atoms with Crippen molar-refractivity contribution < 1.29 is 23.4 Å². The molecule has 0 atom stereocenters. The van der Waals surface area contributed by atoms with Crippen LogP contribution in [0.1, 0.15) is 21.5 Å². The molecule has 3 aromatic carbocycles. The number of nitriles is 1. The van der Waals surface area contributed by atoms with Gasteiger partial charge in [-0.2, -0.15) is 5.26 Å². The molecule has 0 aliphatic rings. The maximum Gasteiger partial charge on any atom is 0.259 e. The summed E-state index contributed by atoms with van der Waals surface area (Å²) in [5, 5.41) is 11.8. The molecule has 6 nitrogen and oxygen atoms in total. The predicted molar refractivity (Wildman–Crippen MR) is 110 cm³/mol. The van der Waals surface area contributed by atoms with E-state index in [1.54, 1.807) is 31.2 Å². The molecule has 3 rings (SSSR count). The van der Waals surface area contributed by atoms with Crippen LogP contribution in [0, 0.1) is 24.1 Å². The molecule has 1 N–H and O–H groups in total. The van der Waals surface area contributed by atoms with Crippen LogP contribution in [0.15, 0.2) is 54.6 Å². The first kappa shape index (κ1) is 20.7. The Labute approximate surface area is 173 Å². The number of benzene rings is 3. The van der Waals surface area contributed by atoms with Crippen LogP contribution in [0.4, 0.5) is 10.1 Å². The van der Waals surface area contributed by atoms with Gasteiger partial charge in [0.2, 0.25) is 0 Å². The van der Waals surface area contributed by atoms with Crippen LogP contribution in [0.25, 0.3) is 0 Å². The quantitative estimate of drug-likeness (QED) is 0.618. The summed E-state index contributed by atoms with van der Waals surface area (Å²) >= 11 is 0. The number of methoxy groups -OCH3 is 2. The van der Waals surface area contributed by atoms with E-state index in [1.807, 2.05) is 6.07 Å². The maximum atomic E-state index is 13.4. The zero-order chi connectivity index (χ0) is 21.7. The standard InChI is InChI=1S/C23H19FN2O4/c1-14-9-16(24)7-8-19(14)30-20-12-22(29-3)21(28-2)11-18(20)23(27)26-17-6-4-5-15(10-17)13-25/h4-12H,1-3H3,(H,26,27). The molecule has 0 fully saturated rings. The number of nitrogens with zero attached hydrogens (tertiary/aromatic N) is 1. The van der Waals surface area contributed by atoms with E-state index >= 15 is 0 Å². The van der Waals surface area contributed by atoms with Crippen LogP contribution >= 0.6 is 0 Å². The molecular formula is C23H19FN2O4. The summed E-state index contributed by atoms with van der Waals surface area (Å²) in [6.07, 6.45) is 0. The summed E-state index contributed by atoms with van der Waals surface area (Å²) in [5.74, 6) is 0.454. The van der Waals surface area contributed by atoms with Crippen LogP contribution in [0.5, 0.6) is 23.0 Å². The molecule has 0 unspecified atom stereocenters. The Hall–Kier alpha value is -4.05. The Kier molecular flexibility index (Phi) is 6.18. The average molecular weight is 406 g/mol. The third-order valence-electron chi connectivity index (χ3n) is 4.34. The minimum absolute atomic E-state index is 0.179. The average Bonchev–Trinajstić information content (AvgIpc) is 2.75. The number of ether oxygens (including phenoxy) is 3. The number of amides is 1. The number of hydrogen-bond acceptors (Lipinski definition) is 5. The van der Waals surface area contributed by atoms with E-state index in [0.29, 0.717) is 34.1 Å². The Bertz CT molecular complexity index is 1140. The highest BCUT2D eigenvalue weighted by Crippen LogP contribution is 2.38. The smallest absolute Gasteiger partial charge is 0.259 e. The van der Waals surface area contributed by atoms with Crippen molar-refractivity contribution in [1.29, 1.82) is 5.26 Å². The van der Waals surface area contributed by atoms with Crippen LogP contribution in [0.2, 0.25) is 0 Å². The lowest BCUT2D eigenvalue weighted by Crippen LogP contribution is -2.14. The van der Waals surface area contributed by atoms with Gasteiger partial charge in [-0.05, 0) is 48.9 Å². The third kappa shape index (κ3) is 4.50. The fourth-order valence-corrected chi connectivity index (χ4v) is 2.83. The Balaban J connectivity index is 2.02. The summed E-state index contributed by atoms with van der Waals surface area (Å²) in [6.45, 7) is 1.70. The summed E-state index contributed by atoms with van der Waals surface area (Å²) in [5.41, 5.74) is 1.62. The molecule has 0 aromatic heterocycles. The minimum atomic E-state index is -0.471. The molecule has 0 bridgehead atoms. The highest BCUT2D eigenvalue weighted by molar-refractivity contribution is 6.06. The summed E-state index contributed by atoms with van der Waals surface area (Å²) in [6, 6.07) is 15.7. The molecule has 7 heteroatoms. The zero-order valence-corrected chi connectivity index (χ0v) is 16.7. The lowest BCUT2D eigenvalue weighted by Gasteiger charge is -2.16. The number of aryl methyl sites for hydroxylation is 1. The van der Waals surface area contributed by atoms with Crippen molar-refractivity contribution in [2.75, 3.05) is 19.5 Å². The van der Waals surface area contributed by atoms with Gasteiger partial charge >= 0.3 is 0 Å². The van der Waals surface area contributed by atoms with Crippen molar-refractivity contribution in [1.82, 2.24) is 0 Å². The number of nitrogens with one attached hydrogen (secondary N) is 1. The SMILES string of the molecule is COc1cc(Oc2ccc(F)cc2C)c(C(=O)Nc2cccc(C#N)c2)cc1OC. The second kappa shape index (κ2) is 8.97. The van der Waals surface area contributed by atoms with Gasteiger partial charge in [-0.3, -0.25) is 4.79 Å². The van der Waals surface area contributed by atoms with Crippen molar-refractivity contribution in [3.05, 3.63) is 77.1 Å². The summed E-state index contributed by atoms with van der Waals surface area (Å²) < 4.78 is 30.0. The number of rotatable bonds is 6. The highest BCUT2D eigenvalue weighted by Gasteiger charge is 2.20. The fraction of sp³-hybridized carbons (Fsp3) is 0.130. The second-order valence-corrected chi connectivity index (χ2v) is 6.36. The number of hydrogen-bond donors (Lipinski definition) is 1. The zero-order valence-electron chi connectivity index (χ0n) is 16.7. The van der Waals surface area contributed by atoms with Crippen molar-refractivity contribution in [2.45, 2.75) is 6.92 Å². The van der Waals surface area contributed by atoms with Crippen molar-refractivity contribution in [2.24, 2.45) is 0 Å². The lowest BCUT2D eigenvalue weighted by atomic mass is 10.1. The Morgan fingerprint density at radius 3 is 2.37 bits per heavy atom. The summed E-state index contributed by atoms with van der Waals surface area (Å²) in [4.78, 5) is 13.0. The van der Waals surface area contributed by atoms with Gasteiger partial charge in [0.05, 0.1) is 31.4 Å². The van der Waals surface area contributed by atoms with Crippen LogP contribution in [-0.2, 0) is 0 Å². The molecular weight excluding hydrogens is 387 g/mol. The van der Waals surface area contributed by atoms with Gasteiger partial charge in [0, 0.05) is 17.8 Å². The van der Waals surface area contributed by atoms with E-state index in [2.05, 4.69) is 5.32 Å². The van der Waals surface area contributed by atoms with Crippen LogP contribution in [0.3, 0.4) is 0 Å². The Morgan fingerprint density at radius 2 is 1.70 bits per heavy atom. The van der Waals surface area contributed by atoms with Crippen LogP contribution < -0.4 is 19.5 Å². The lowest BCUT2D eigenvalue weighted by molar-refractivity contribution is 0.102. The fourth-order valence-electron chi connectivity index (χ4n) is 2.83. The van der Waals surface area contributed by atoms with E-state index in [1.165, 1.54) is 44.6 Å². The molecule has 0 aliphatic heterocycles. The molecule has 0 saturated heterocycles.